The summed E-state index contributed by atoms with van der Waals surface area (Å²) in [6.07, 6.45) is -2.81. The Morgan fingerprint density at radius 2 is 1.75 bits per heavy atom. The lowest BCUT2D eigenvalue weighted by atomic mass is 10.2. The molecule has 0 radical (unpaired) electrons. The third-order valence-electron chi connectivity index (χ3n) is 1.26. The van der Waals surface area contributed by atoms with Gasteiger partial charge in [-0.1, -0.05) is 23.2 Å². The predicted octanol–water partition coefficient (Wildman–Crippen LogP) is 4.07. The molecule has 0 aliphatic heterocycles. The highest BCUT2D eigenvalue weighted by atomic mass is 35.5. The normalized spacial score (nSPS) is 10.8. The second-order valence-electron chi connectivity index (χ2n) is 2.09. The molecule has 0 fully saturated rings. The van der Waals surface area contributed by atoms with Gasteiger partial charge in [0.25, 0.3) is 6.43 Å². The van der Waals surface area contributed by atoms with Crippen LogP contribution in [0.15, 0.2) is 12.1 Å². The van der Waals surface area contributed by atoms with E-state index in [0.717, 1.165) is 6.07 Å². The van der Waals surface area contributed by atoms with E-state index in [2.05, 4.69) is 0 Å². The molecule has 0 aliphatic carbocycles. The second kappa shape index (κ2) is 3.54. The summed E-state index contributed by atoms with van der Waals surface area (Å²) in [4.78, 5) is 0. The first-order chi connectivity index (χ1) is 5.52. The predicted molar refractivity (Wildman–Crippen MR) is 41.4 cm³/mol. The third-order valence-corrected chi connectivity index (χ3v) is 2.07. The lowest BCUT2D eigenvalue weighted by Gasteiger charge is -2.04. The largest absolute Gasteiger partial charge is 0.265 e. The first-order valence-corrected chi connectivity index (χ1v) is 3.70. The molecule has 1 rings (SSSR count). The van der Waals surface area contributed by atoms with E-state index in [0.29, 0.717) is 6.07 Å². The van der Waals surface area contributed by atoms with Crippen LogP contribution < -0.4 is 0 Å². The highest BCUT2D eigenvalue weighted by Crippen LogP contribution is 2.33. The number of benzene rings is 1. The maximum Gasteiger partial charge on any atom is 0.265 e. The molecule has 0 saturated carbocycles. The van der Waals surface area contributed by atoms with E-state index >= 15 is 0 Å². The van der Waals surface area contributed by atoms with Crippen molar-refractivity contribution in [3.8, 4) is 0 Å². The molecule has 0 N–H and O–H groups in total. The molecule has 0 bridgehead atoms. The molecule has 5 heteroatoms. The fourth-order valence-electron chi connectivity index (χ4n) is 0.735. The zero-order valence-corrected chi connectivity index (χ0v) is 7.13. The van der Waals surface area contributed by atoms with E-state index in [9.17, 15) is 13.2 Å². The maximum atomic E-state index is 12.5. The van der Waals surface area contributed by atoms with Gasteiger partial charge in [-0.05, 0) is 12.1 Å². The number of halogens is 5. The first kappa shape index (κ1) is 9.68. The number of rotatable bonds is 1. The van der Waals surface area contributed by atoms with E-state index in [1.807, 2.05) is 0 Å². The number of hydrogen-bond donors (Lipinski definition) is 0. The summed E-state index contributed by atoms with van der Waals surface area (Å²) in [7, 11) is 0. The molecule has 1 aromatic rings. The van der Waals surface area contributed by atoms with Crippen LogP contribution in [0.3, 0.4) is 0 Å². The van der Waals surface area contributed by atoms with Gasteiger partial charge in [-0.15, -0.1) is 0 Å². The number of hydrogen-bond acceptors (Lipinski definition) is 0. The van der Waals surface area contributed by atoms with Gasteiger partial charge >= 0.3 is 0 Å². The Bertz CT molecular complexity index is 299. The molecule has 0 unspecified atom stereocenters. The van der Waals surface area contributed by atoms with Crippen LogP contribution in [0.25, 0.3) is 0 Å². The third kappa shape index (κ3) is 1.84. The van der Waals surface area contributed by atoms with Gasteiger partial charge in [0.05, 0.1) is 10.0 Å². The molecule has 12 heavy (non-hydrogen) atoms. The minimum Gasteiger partial charge on any atom is -0.207 e. The Morgan fingerprint density at radius 1 is 1.17 bits per heavy atom. The van der Waals surface area contributed by atoms with Crippen LogP contribution >= 0.6 is 23.2 Å². The minimum absolute atomic E-state index is 0.202. The first-order valence-electron chi connectivity index (χ1n) is 2.95. The van der Waals surface area contributed by atoms with E-state index in [1.165, 1.54) is 0 Å². The van der Waals surface area contributed by atoms with Crippen molar-refractivity contribution in [2.24, 2.45) is 0 Å². The maximum absolute atomic E-state index is 12.5. The summed E-state index contributed by atoms with van der Waals surface area (Å²) in [5, 5.41) is -0.500. The van der Waals surface area contributed by atoms with Crippen LogP contribution in [0.2, 0.25) is 10.0 Å². The van der Waals surface area contributed by atoms with Crippen molar-refractivity contribution < 1.29 is 13.2 Å². The van der Waals surface area contributed by atoms with Crippen LogP contribution in [0.5, 0.6) is 0 Å². The topological polar surface area (TPSA) is 0 Å². The van der Waals surface area contributed by atoms with E-state index in [4.69, 9.17) is 23.2 Å². The summed E-state index contributed by atoms with van der Waals surface area (Å²) < 4.78 is 36.6. The zero-order chi connectivity index (χ0) is 9.30. The van der Waals surface area contributed by atoms with Crippen molar-refractivity contribution in [3.05, 3.63) is 33.6 Å². The molecule has 66 valence electrons. The summed E-state index contributed by atoms with van der Waals surface area (Å²) in [6, 6.07) is 1.55. The summed E-state index contributed by atoms with van der Waals surface area (Å²) in [5.74, 6) is -0.820. The summed E-state index contributed by atoms with van der Waals surface area (Å²) in [5.41, 5.74) is -0.582. The molecule has 0 nitrogen and oxygen atoms in total. The molecular formula is C7H3Cl2F3. The monoisotopic (exact) mass is 214 g/mol. The van der Waals surface area contributed by atoms with Gasteiger partial charge in [0.15, 0.2) is 0 Å². The zero-order valence-electron chi connectivity index (χ0n) is 5.62. The van der Waals surface area contributed by atoms with Crippen LogP contribution in [-0.2, 0) is 0 Å². The molecule has 0 amide bonds. The molecule has 0 spiro atoms. The van der Waals surface area contributed by atoms with Crippen molar-refractivity contribution in [2.45, 2.75) is 6.43 Å². The molecule has 0 heterocycles. The van der Waals surface area contributed by atoms with Crippen LogP contribution in [0, 0.1) is 5.82 Å². The molecule has 0 saturated heterocycles. The van der Waals surface area contributed by atoms with Crippen LogP contribution in [0.4, 0.5) is 13.2 Å². The molecular weight excluding hydrogens is 212 g/mol. The summed E-state index contributed by atoms with van der Waals surface area (Å²) in [6.45, 7) is 0. The Balaban J connectivity index is 3.28. The van der Waals surface area contributed by atoms with E-state index < -0.39 is 17.8 Å². The van der Waals surface area contributed by atoms with Gasteiger partial charge in [0.1, 0.15) is 5.82 Å². The van der Waals surface area contributed by atoms with E-state index in [-0.39, 0.29) is 10.0 Å². The van der Waals surface area contributed by atoms with Crippen molar-refractivity contribution in [3.63, 3.8) is 0 Å². The smallest absolute Gasteiger partial charge is 0.207 e. The van der Waals surface area contributed by atoms with E-state index in [1.54, 1.807) is 0 Å². The molecule has 1 aromatic carbocycles. The van der Waals surface area contributed by atoms with Gasteiger partial charge in [-0.3, -0.25) is 0 Å². The minimum atomic E-state index is -2.81. The van der Waals surface area contributed by atoms with Crippen LogP contribution in [-0.4, -0.2) is 0 Å². The fourth-order valence-corrected chi connectivity index (χ4v) is 1.14. The fraction of sp³-hybridized carbons (Fsp3) is 0.143. The summed E-state index contributed by atoms with van der Waals surface area (Å²) >= 11 is 10.7. The Kier molecular flexibility index (Phi) is 2.85. The lowest BCUT2D eigenvalue weighted by Crippen LogP contribution is -1.88. The van der Waals surface area contributed by atoms with Gasteiger partial charge in [-0.25, -0.2) is 13.2 Å². The molecule has 0 aliphatic rings. The average Bonchev–Trinajstić information content (AvgIpc) is 1.96. The Labute approximate surface area is 76.9 Å². The lowest BCUT2D eigenvalue weighted by molar-refractivity contribution is 0.151. The quantitative estimate of drug-likeness (QED) is 0.619. The second-order valence-corrected chi connectivity index (χ2v) is 2.88. The molecule has 0 aromatic heterocycles. The van der Waals surface area contributed by atoms with Crippen molar-refractivity contribution >= 4 is 23.2 Å². The number of alkyl halides is 2. The van der Waals surface area contributed by atoms with Gasteiger partial charge < -0.3 is 0 Å². The Morgan fingerprint density at radius 3 is 2.25 bits per heavy atom. The van der Waals surface area contributed by atoms with Gasteiger partial charge in [-0.2, -0.15) is 0 Å². The van der Waals surface area contributed by atoms with Crippen LogP contribution in [0.1, 0.15) is 12.0 Å². The Hall–Kier alpha value is -0.410. The standard InChI is InChI=1S/C7H3Cl2F3/c8-5-2-3(10)1-4(6(5)9)7(11)12/h1-2,7H. The van der Waals surface area contributed by atoms with Crippen molar-refractivity contribution in [1.82, 2.24) is 0 Å². The van der Waals surface area contributed by atoms with Crippen molar-refractivity contribution in [1.29, 1.82) is 0 Å². The highest BCUT2D eigenvalue weighted by molar-refractivity contribution is 6.42. The highest BCUT2D eigenvalue weighted by Gasteiger charge is 2.15. The average molecular weight is 215 g/mol. The van der Waals surface area contributed by atoms with Gasteiger partial charge in [0, 0.05) is 5.56 Å². The molecule has 0 atom stereocenters. The van der Waals surface area contributed by atoms with Crippen molar-refractivity contribution in [2.75, 3.05) is 0 Å². The SMILES string of the molecule is Fc1cc(Cl)c(Cl)c(C(F)F)c1. The van der Waals surface area contributed by atoms with Gasteiger partial charge in [0.2, 0.25) is 0 Å².